The van der Waals surface area contributed by atoms with Gasteiger partial charge in [0.1, 0.15) is 5.75 Å². The molecule has 0 unspecified atom stereocenters. The molecule has 2 aromatic rings. The number of H-pyrrole nitrogens is 1. The van der Waals surface area contributed by atoms with E-state index in [1.54, 1.807) is 7.11 Å². The van der Waals surface area contributed by atoms with Gasteiger partial charge in [0.15, 0.2) is 0 Å². The number of benzene rings is 1. The SMILES string of the molecule is CC/C=C\C/C=C\C/C=C\CCCCCCCC(=O)N1CCC[C@@H]1Cc1c[nH]c2ccc(OC)cc12. The molecule has 1 aromatic carbocycles. The second-order valence-corrected chi connectivity index (χ2v) is 9.91. The first-order chi connectivity index (χ1) is 17.7. The predicted molar refractivity (Wildman–Crippen MR) is 153 cm³/mol. The second-order valence-electron chi connectivity index (χ2n) is 9.91. The third-order valence-corrected chi connectivity index (χ3v) is 7.17. The van der Waals surface area contributed by atoms with Crippen molar-refractivity contribution in [3.63, 3.8) is 0 Å². The zero-order valence-corrected chi connectivity index (χ0v) is 22.5. The topological polar surface area (TPSA) is 45.3 Å². The highest BCUT2D eigenvalue weighted by atomic mass is 16.5. The number of carbonyl (C=O) groups is 1. The van der Waals surface area contributed by atoms with Crippen LogP contribution in [0.1, 0.15) is 89.5 Å². The highest BCUT2D eigenvalue weighted by molar-refractivity contribution is 5.85. The molecule has 0 spiro atoms. The van der Waals surface area contributed by atoms with E-state index in [1.165, 1.54) is 30.2 Å². The van der Waals surface area contributed by atoms with Gasteiger partial charge in [-0.15, -0.1) is 0 Å². The van der Waals surface area contributed by atoms with Crippen molar-refractivity contribution in [3.05, 3.63) is 66.4 Å². The number of fused-ring (bicyclic) bond motifs is 1. The monoisotopic (exact) mass is 490 g/mol. The van der Waals surface area contributed by atoms with E-state index in [4.69, 9.17) is 4.74 Å². The number of allylic oxidation sites excluding steroid dienone is 6. The van der Waals surface area contributed by atoms with Gasteiger partial charge in [0.2, 0.25) is 5.91 Å². The summed E-state index contributed by atoms with van der Waals surface area (Å²) < 4.78 is 5.41. The van der Waals surface area contributed by atoms with Crippen LogP contribution < -0.4 is 4.74 Å². The number of methoxy groups -OCH3 is 1. The average Bonchev–Trinajstić information content (AvgIpc) is 3.53. The zero-order chi connectivity index (χ0) is 25.4. The van der Waals surface area contributed by atoms with Crippen molar-refractivity contribution in [2.24, 2.45) is 0 Å². The minimum atomic E-state index is 0.317. The smallest absolute Gasteiger partial charge is 0.222 e. The van der Waals surface area contributed by atoms with Crippen molar-refractivity contribution in [1.29, 1.82) is 0 Å². The normalized spacial score (nSPS) is 16.4. The van der Waals surface area contributed by atoms with Gasteiger partial charge in [-0.05, 0) is 81.5 Å². The highest BCUT2D eigenvalue weighted by Crippen LogP contribution is 2.28. The van der Waals surface area contributed by atoms with Gasteiger partial charge >= 0.3 is 0 Å². The van der Waals surface area contributed by atoms with Crippen LogP contribution in [0.25, 0.3) is 10.9 Å². The maximum atomic E-state index is 13.0. The number of nitrogens with zero attached hydrogens (tertiary/aromatic N) is 1. The molecule has 1 saturated heterocycles. The first-order valence-corrected chi connectivity index (χ1v) is 14.1. The Labute approximate surface area is 218 Å². The summed E-state index contributed by atoms with van der Waals surface area (Å²) >= 11 is 0. The quantitative estimate of drug-likeness (QED) is 0.190. The van der Waals surface area contributed by atoms with Crippen molar-refractivity contribution in [2.75, 3.05) is 13.7 Å². The Morgan fingerprint density at radius 3 is 2.58 bits per heavy atom. The maximum absolute atomic E-state index is 13.0. The van der Waals surface area contributed by atoms with Crippen LogP contribution in [-0.4, -0.2) is 35.5 Å². The van der Waals surface area contributed by atoms with Crippen molar-refractivity contribution in [1.82, 2.24) is 9.88 Å². The molecular weight excluding hydrogens is 444 g/mol. The average molecular weight is 491 g/mol. The van der Waals surface area contributed by atoms with E-state index in [0.29, 0.717) is 18.4 Å². The molecule has 1 aliphatic heterocycles. The summed E-state index contributed by atoms with van der Waals surface area (Å²) in [5.74, 6) is 1.22. The van der Waals surface area contributed by atoms with Crippen LogP contribution in [0.15, 0.2) is 60.9 Å². The molecule has 0 radical (unpaired) electrons. The molecular formula is C32H46N2O2. The van der Waals surface area contributed by atoms with Crippen molar-refractivity contribution >= 4 is 16.8 Å². The van der Waals surface area contributed by atoms with E-state index < -0.39 is 0 Å². The number of hydrogen-bond acceptors (Lipinski definition) is 2. The third-order valence-electron chi connectivity index (χ3n) is 7.17. The second kappa shape index (κ2) is 16.1. The molecule has 3 rings (SSSR count). The minimum absolute atomic E-state index is 0.317. The molecule has 4 nitrogen and oxygen atoms in total. The summed E-state index contributed by atoms with van der Waals surface area (Å²) in [7, 11) is 1.70. The molecule has 1 N–H and O–H groups in total. The highest BCUT2D eigenvalue weighted by Gasteiger charge is 2.28. The molecule has 1 aromatic heterocycles. The van der Waals surface area contributed by atoms with E-state index in [1.807, 2.05) is 6.07 Å². The van der Waals surface area contributed by atoms with Gasteiger partial charge in [-0.25, -0.2) is 0 Å². The molecule has 0 aliphatic carbocycles. The molecule has 36 heavy (non-hydrogen) atoms. The maximum Gasteiger partial charge on any atom is 0.222 e. The lowest BCUT2D eigenvalue weighted by molar-refractivity contribution is -0.132. The number of amides is 1. The van der Waals surface area contributed by atoms with E-state index in [0.717, 1.165) is 75.6 Å². The Morgan fingerprint density at radius 2 is 1.78 bits per heavy atom. The summed E-state index contributed by atoms with van der Waals surface area (Å²) in [5.41, 5.74) is 2.41. The number of likely N-dealkylation sites (tertiary alicyclic amines) is 1. The van der Waals surface area contributed by atoms with Crippen LogP contribution in [0.3, 0.4) is 0 Å². The van der Waals surface area contributed by atoms with E-state index in [9.17, 15) is 4.79 Å². The standard InChI is InChI=1S/C32H46N2O2/c1-3-4-5-6-7-8-9-10-11-12-13-14-15-16-17-20-32(35)34-23-18-19-28(34)24-27-26-33-31-22-21-29(36-2)25-30(27)31/h4-5,7-8,10-11,21-22,25-26,28,33H,3,6,9,12-20,23-24H2,1-2H3/b5-4-,8-7-,11-10-/t28-/m1/s1. The first kappa shape index (κ1) is 27.8. The molecule has 2 heterocycles. The molecule has 1 amide bonds. The number of rotatable bonds is 16. The Hall–Kier alpha value is -2.75. The molecule has 0 bridgehead atoms. The Balaban J connectivity index is 1.28. The van der Waals surface area contributed by atoms with Gasteiger partial charge in [0.25, 0.3) is 0 Å². The number of aromatic amines is 1. The van der Waals surface area contributed by atoms with Gasteiger partial charge in [-0.3, -0.25) is 4.79 Å². The van der Waals surface area contributed by atoms with Gasteiger partial charge in [-0.1, -0.05) is 62.6 Å². The largest absolute Gasteiger partial charge is 0.497 e. The lowest BCUT2D eigenvalue weighted by Crippen LogP contribution is -2.36. The van der Waals surface area contributed by atoms with Crippen LogP contribution in [0.5, 0.6) is 5.75 Å². The van der Waals surface area contributed by atoms with Crippen molar-refractivity contribution in [3.8, 4) is 5.75 Å². The van der Waals surface area contributed by atoms with E-state index in [2.05, 4.69) is 71.6 Å². The van der Waals surface area contributed by atoms with Crippen LogP contribution in [0.2, 0.25) is 0 Å². The van der Waals surface area contributed by atoms with Gasteiger partial charge in [0, 0.05) is 36.1 Å². The lowest BCUT2D eigenvalue weighted by atomic mass is 10.0. The molecule has 1 aliphatic rings. The van der Waals surface area contributed by atoms with Crippen LogP contribution >= 0.6 is 0 Å². The summed E-state index contributed by atoms with van der Waals surface area (Å²) in [4.78, 5) is 18.5. The molecule has 1 atom stereocenters. The molecule has 196 valence electrons. The summed E-state index contributed by atoms with van der Waals surface area (Å²) in [6.07, 6.45) is 29.7. The van der Waals surface area contributed by atoms with Crippen LogP contribution in [-0.2, 0) is 11.2 Å². The molecule has 1 fully saturated rings. The Kier molecular flexibility index (Phi) is 12.4. The third kappa shape index (κ3) is 9.04. The summed E-state index contributed by atoms with van der Waals surface area (Å²) in [6, 6.07) is 6.47. The van der Waals surface area contributed by atoms with Gasteiger partial charge < -0.3 is 14.6 Å². The Morgan fingerprint density at radius 1 is 1.03 bits per heavy atom. The van der Waals surface area contributed by atoms with Gasteiger partial charge in [-0.2, -0.15) is 0 Å². The number of ether oxygens (including phenoxy) is 1. The van der Waals surface area contributed by atoms with Gasteiger partial charge in [0.05, 0.1) is 7.11 Å². The molecule has 4 heteroatoms. The fourth-order valence-electron chi connectivity index (χ4n) is 5.12. The number of nitrogens with one attached hydrogen (secondary N) is 1. The minimum Gasteiger partial charge on any atom is -0.497 e. The summed E-state index contributed by atoms with van der Waals surface area (Å²) in [5, 5.41) is 1.21. The molecule has 0 saturated carbocycles. The predicted octanol–water partition coefficient (Wildman–Crippen LogP) is 8.30. The van der Waals surface area contributed by atoms with E-state index in [-0.39, 0.29) is 0 Å². The van der Waals surface area contributed by atoms with Crippen LogP contribution in [0, 0.1) is 0 Å². The first-order valence-electron chi connectivity index (χ1n) is 14.1. The van der Waals surface area contributed by atoms with E-state index >= 15 is 0 Å². The lowest BCUT2D eigenvalue weighted by Gasteiger charge is -2.25. The number of unbranched alkanes of at least 4 members (excludes halogenated alkanes) is 5. The fraction of sp³-hybridized carbons (Fsp3) is 0.531. The number of carbonyl (C=O) groups excluding carboxylic acids is 1. The fourth-order valence-corrected chi connectivity index (χ4v) is 5.12. The zero-order valence-electron chi connectivity index (χ0n) is 22.5. The van der Waals surface area contributed by atoms with Crippen LogP contribution in [0.4, 0.5) is 0 Å². The number of hydrogen-bond donors (Lipinski definition) is 1. The Bertz CT molecular complexity index is 1000. The number of aromatic nitrogens is 1. The van der Waals surface area contributed by atoms with Crippen molar-refractivity contribution < 1.29 is 9.53 Å². The summed E-state index contributed by atoms with van der Waals surface area (Å²) in [6.45, 7) is 3.07. The van der Waals surface area contributed by atoms with Crippen molar-refractivity contribution in [2.45, 2.75) is 96.4 Å².